The molecule has 0 radical (unpaired) electrons. The second-order valence-electron chi connectivity index (χ2n) is 8.75. The van der Waals surface area contributed by atoms with Crippen LogP contribution >= 0.6 is 0 Å². The van der Waals surface area contributed by atoms with Crippen molar-refractivity contribution >= 4 is 17.5 Å². The molecule has 3 N–H and O–H groups in total. The Labute approximate surface area is 203 Å². The molecule has 0 saturated carbocycles. The van der Waals surface area contributed by atoms with Gasteiger partial charge in [-0.25, -0.2) is 4.39 Å². The van der Waals surface area contributed by atoms with E-state index in [1.54, 1.807) is 12.1 Å². The zero-order chi connectivity index (χ0) is 24.7. The van der Waals surface area contributed by atoms with E-state index < -0.39 is 0 Å². The predicted octanol–water partition coefficient (Wildman–Crippen LogP) is 7.62. The van der Waals surface area contributed by atoms with Crippen LogP contribution in [-0.2, 0) is 13.1 Å². The number of benzene rings is 3. The Morgan fingerprint density at radius 2 is 1.74 bits per heavy atom. The van der Waals surface area contributed by atoms with Gasteiger partial charge in [-0.15, -0.1) is 0 Å². The highest BCUT2D eigenvalue weighted by Crippen LogP contribution is 2.34. The molecule has 0 bridgehead atoms. The molecule has 0 aromatic heterocycles. The molecular weight excluding hydrogens is 421 g/mol. The Morgan fingerprint density at radius 3 is 2.38 bits per heavy atom. The lowest BCUT2D eigenvalue weighted by Gasteiger charge is -2.20. The zero-order valence-corrected chi connectivity index (χ0v) is 21.0. The average Bonchev–Trinajstić information content (AvgIpc) is 2.79. The molecule has 0 unspecified atom stereocenters. The summed E-state index contributed by atoms with van der Waals surface area (Å²) in [5.74, 6) is -0.221. The van der Waals surface area contributed by atoms with Crippen molar-refractivity contribution < 1.29 is 4.39 Å². The number of halogens is 1. The van der Waals surface area contributed by atoms with Crippen LogP contribution in [0.15, 0.2) is 66.9 Å². The van der Waals surface area contributed by atoms with Crippen molar-refractivity contribution in [2.24, 2.45) is 0 Å². The van der Waals surface area contributed by atoms with Crippen molar-refractivity contribution in [2.75, 3.05) is 12.4 Å². The molecule has 3 aromatic carbocycles. The third-order valence-electron chi connectivity index (χ3n) is 5.89. The summed E-state index contributed by atoms with van der Waals surface area (Å²) in [6.07, 6.45) is 5.44. The average molecular weight is 458 g/mol. The Bertz CT molecular complexity index is 1190. The number of hydrogen-bond acceptors (Lipinski definition) is 3. The molecule has 0 saturated heterocycles. The van der Waals surface area contributed by atoms with E-state index in [0.29, 0.717) is 0 Å². The SMILES string of the molecule is C=C(C)NCc1ccc(-c2ccc(Nc3ccc(F)cc3C)cc2C)c(CNC)c1/C=C/CC. The van der Waals surface area contributed by atoms with Gasteiger partial charge in [0.25, 0.3) is 0 Å². The molecule has 3 nitrogen and oxygen atoms in total. The van der Waals surface area contributed by atoms with E-state index in [1.807, 2.05) is 20.9 Å². The van der Waals surface area contributed by atoms with Gasteiger partial charge in [-0.05, 0) is 104 Å². The minimum Gasteiger partial charge on any atom is -0.385 e. The third-order valence-corrected chi connectivity index (χ3v) is 5.89. The lowest BCUT2D eigenvalue weighted by atomic mass is 9.89. The largest absolute Gasteiger partial charge is 0.385 e. The van der Waals surface area contributed by atoms with Crippen LogP contribution in [0.5, 0.6) is 0 Å². The molecule has 34 heavy (non-hydrogen) atoms. The van der Waals surface area contributed by atoms with E-state index in [4.69, 9.17) is 0 Å². The quantitative estimate of drug-likeness (QED) is 0.293. The fourth-order valence-electron chi connectivity index (χ4n) is 4.14. The number of rotatable bonds is 10. The maximum Gasteiger partial charge on any atom is 0.123 e. The molecule has 178 valence electrons. The molecule has 0 spiro atoms. The molecule has 0 amide bonds. The normalized spacial score (nSPS) is 11.1. The summed E-state index contributed by atoms with van der Waals surface area (Å²) in [4.78, 5) is 0. The van der Waals surface area contributed by atoms with Crippen molar-refractivity contribution in [1.29, 1.82) is 0 Å². The second kappa shape index (κ2) is 11.7. The molecule has 0 heterocycles. The summed E-state index contributed by atoms with van der Waals surface area (Å²) in [6.45, 7) is 13.7. The van der Waals surface area contributed by atoms with Crippen molar-refractivity contribution in [3.05, 3.63) is 101 Å². The van der Waals surface area contributed by atoms with Gasteiger partial charge in [0.1, 0.15) is 5.82 Å². The molecule has 0 atom stereocenters. The number of hydrogen-bond donors (Lipinski definition) is 3. The number of nitrogens with one attached hydrogen (secondary N) is 3. The Balaban J connectivity index is 2.03. The first-order valence-corrected chi connectivity index (χ1v) is 11.8. The highest BCUT2D eigenvalue weighted by Gasteiger charge is 2.15. The van der Waals surface area contributed by atoms with Crippen molar-refractivity contribution in [1.82, 2.24) is 10.6 Å². The van der Waals surface area contributed by atoms with Crippen LogP contribution in [0.4, 0.5) is 15.8 Å². The predicted molar refractivity (Wildman–Crippen MR) is 145 cm³/mol. The molecule has 3 rings (SSSR count). The van der Waals surface area contributed by atoms with Crippen LogP contribution in [0.25, 0.3) is 17.2 Å². The lowest BCUT2D eigenvalue weighted by Crippen LogP contribution is -2.14. The van der Waals surface area contributed by atoms with Crippen molar-refractivity contribution in [3.63, 3.8) is 0 Å². The summed E-state index contributed by atoms with van der Waals surface area (Å²) in [5, 5.41) is 10.2. The van der Waals surface area contributed by atoms with Gasteiger partial charge in [0, 0.05) is 30.2 Å². The molecule has 0 aliphatic rings. The van der Waals surface area contributed by atoms with Gasteiger partial charge in [0.05, 0.1) is 0 Å². The van der Waals surface area contributed by atoms with Crippen molar-refractivity contribution in [2.45, 2.75) is 47.2 Å². The maximum atomic E-state index is 13.5. The highest BCUT2D eigenvalue weighted by atomic mass is 19.1. The molecule has 3 aromatic rings. The Morgan fingerprint density at radius 1 is 0.971 bits per heavy atom. The van der Waals surface area contributed by atoms with Crippen LogP contribution < -0.4 is 16.0 Å². The van der Waals surface area contributed by atoms with E-state index in [-0.39, 0.29) is 5.82 Å². The minimum absolute atomic E-state index is 0.221. The Kier molecular flexibility index (Phi) is 8.67. The highest BCUT2D eigenvalue weighted by molar-refractivity contribution is 5.78. The number of aryl methyl sites for hydroxylation is 2. The summed E-state index contributed by atoms with van der Waals surface area (Å²) >= 11 is 0. The van der Waals surface area contributed by atoms with Gasteiger partial charge >= 0.3 is 0 Å². The van der Waals surface area contributed by atoms with Gasteiger partial charge in [0.2, 0.25) is 0 Å². The van der Waals surface area contributed by atoms with Crippen LogP contribution in [0.1, 0.15) is 48.1 Å². The molecule has 0 aliphatic heterocycles. The van der Waals surface area contributed by atoms with E-state index in [9.17, 15) is 4.39 Å². The monoisotopic (exact) mass is 457 g/mol. The summed E-state index contributed by atoms with van der Waals surface area (Å²) < 4.78 is 13.5. The first kappa shape index (κ1) is 25.3. The van der Waals surface area contributed by atoms with E-state index in [1.165, 1.54) is 39.4 Å². The van der Waals surface area contributed by atoms with Gasteiger partial charge in [-0.2, -0.15) is 0 Å². The first-order chi connectivity index (χ1) is 16.3. The summed E-state index contributed by atoms with van der Waals surface area (Å²) in [6, 6.07) is 15.7. The third kappa shape index (κ3) is 6.15. The number of anilines is 2. The van der Waals surface area contributed by atoms with Gasteiger partial charge in [-0.1, -0.05) is 43.9 Å². The molecular formula is C30H36FN3. The van der Waals surface area contributed by atoms with Crippen LogP contribution in [0, 0.1) is 19.7 Å². The Hall–Kier alpha value is -3.37. The van der Waals surface area contributed by atoms with E-state index >= 15 is 0 Å². The van der Waals surface area contributed by atoms with Crippen LogP contribution in [-0.4, -0.2) is 7.05 Å². The first-order valence-electron chi connectivity index (χ1n) is 11.8. The second-order valence-corrected chi connectivity index (χ2v) is 8.75. The van der Waals surface area contributed by atoms with Gasteiger partial charge in [0.15, 0.2) is 0 Å². The van der Waals surface area contributed by atoms with Crippen LogP contribution in [0.3, 0.4) is 0 Å². The zero-order valence-electron chi connectivity index (χ0n) is 21.0. The minimum atomic E-state index is -0.221. The molecule has 4 heteroatoms. The van der Waals surface area contributed by atoms with Crippen molar-refractivity contribution in [3.8, 4) is 11.1 Å². The fourth-order valence-corrected chi connectivity index (χ4v) is 4.14. The maximum absolute atomic E-state index is 13.5. The van der Waals surface area contributed by atoms with Gasteiger partial charge in [-0.3, -0.25) is 0 Å². The number of allylic oxidation sites excluding steroid dienone is 2. The topological polar surface area (TPSA) is 36.1 Å². The van der Waals surface area contributed by atoms with Gasteiger partial charge < -0.3 is 16.0 Å². The van der Waals surface area contributed by atoms with Crippen LogP contribution in [0.2, 0.25) is 0 Å². The summed E-state index contributed by atoms with van der Waals surface area (Å²) in [5.41, 5.74) is 11.1. The standard InChI is InChI=1S/C30H36FN3/c1-7-8-9-27-23(18-33-20(2)3)10-13-28(29(27)19-32-6)26-14-12-25(17-21(26)4)34-30-15-11-24(31)16-22(30)5/h8-17,32-34H,2,7,18-19H2,1,3-6H3/b9-8+. The lowest BCUT2D eigenvalue weighted by molar-refractivity contribution is 0.627. The smallest absolute Gasteiger partial charge is 0.123 e. The summed E-state index contributed by atoms with van der Waals surface area (Å²) in [7, 11) is 1.99. The van der Waals surface area contributed by atoms with E-state index in [2.05, 4.69) is 78.9 Å². The molecule has 0 aliphatic carbocycles. The van der Waals surface area contributed by atoms with E-state index in [0.717, 1.165) is 42.1 Å². The molecule has 0 fully saturated rings. The fraction of sp³-hybridized carbons (Fsp3) is 0.267.